The van der Waals surface area contributed by atoms with Gasteiger partial charge in [-0.1, -0.05) is 0 Å². The second kappa shape index (κ2) is 10.5. The van der Waals surface area contributed by atoms with Gasteiger partial charge < -0.3 is 27.4 Å². The molecule has 0 rings (SSSR count). The summed E-state index contributed by atoms with van der Waals surface area (Å²) in [5, 5.41) is 0. The molecule has 0 atom stereocenters. The molecular weight excluding hydrogens is 239 g/mol. The van der Waals surface area contributed by atoms with E-state index >= 15 is 0 Å². The lowest BCUT2D eigenvalue weighted by Gasteiger charge is -2.23. The van der Waals surface area contributed by atoms with Crippen LogP contribution >= 0.6 is 12.4 Å². The van der Waals surface area contributed by atoms with E-state index in [4.69, 9.17) is 10.5 Å². The molecule has 0 aromatic carbocycles. The first kappa shape index (κ1) is 20.4. The second-order valence-corrected chi connectivity index (χ2v) is 4.13. The van der Waals surface area contributed by atoms with Crippen molar-refractivity contribution in [2.24, 2.45) is 5.73 Å². The van der Waals surface area contributed by atoms with E-state index in [2.05, 4.69) is 21.1 Å². The van der Waals surface area contributed by atoms with Crippen LogP contribution in [0.5, 0.6) is 0 Å². The Kier molecular flexibility index (Phi) is 14.3. The third-order valence-electron chi connectivity index (χ3n) is 1.61. The summed E-state index contributed by atoms with van der Waals surface area (Å²) in [4.78, 5) is 11.0. The molecule has 0 bridgehead atoms. The van der Waals surface area contributed by atoms with Gasteiger partial charge in [0, 0.05) is 6.42 Å². The van der Waals surface area contributed by atoms with Crippen LogP contribution in [-0.2, 0) is 9.53 Å². The maximum absolute atomic E-state index is 11.0. The molecule has 0 saturated carbocycles. The number of likely N-dealkylation sites (N-methyl/N-ethyl adjacent to an activating group) is 1. The minimum Gasteiger partial charge on any atom is -1.00 e. The summed E-state index contributed by atoms with van der Waals surface area (Å²) in [6.45, 7) is 1.88. The van der Waals surface area contributed by atoms with Gasteiger partial charge in [-0.2, -0.15) is 0 Å². The van der Waals surface area contributed by atoms with E-state index in [9.17, 15) is 4.79 Å². The van der Waals surface area contributed by atoms with E-state index in [0.29, 0.717) is 26.0 Å². The fourth-order valence-electron chi connectivity index (χ4n) is 0.752. The van der Waals surface area contributed by atoms with Gasteiger partial charge in [-0.25, -0.2) is 0 Å². The quantitative estimate of drug-likeness (QED) is 0.421. The first-order valence-electron chi connectivity index (χ1n) is 4.62. The van der Waals surface area contributed by atoms with Gasteiger partial charge in [-0.15, -0.1) is 12.4 Å². The number of esters is 1. The third-order valence-corrected chi connectivity index (χ3v) is 1.61. The Morgan fingerprint density at radius 2 is 1.87 bits per heavy atom. The summed E-state index contributed by atoms with van der Waals surface area (Å²) in [6.07, 6.45) is 1.15. The van der Waals surface area contributed by atoms with Crippen molar-refractivity contribution in [1.29, 1.82) is 0 Å². The number of halogens is 2. The number of ether oxygens (including phenoxy) is 1. The summed E-state index contributed by atoms with van der Waals surface area (Å²) in [5.74, 6) is -0.140. The van der Waals surface area contributed by atoms with Crippen LogP contribution in [0.1, 0.15) is 12.8 Å². The molecule has 0 aliphatic heterocycles. The van der Waals surface area contributed by atoms with Gasteiger partial charge in [0.2, 0.25) is 0 Å². The Balaban J connectivity index is -0.000000720. The number of hydrogen-bond acceptors (Lipinski definition) is 3. The first-order chi connectivity index (χ1) is 5.95. The van der Waals surface area contributed by atoms with Crippen molar-refractivity contribution in [3.05, 3.63) is 0 Å². The molecule has 0 aliphatic rings. The highest BCUT2D eigenvalue weighted by molar-refractivity contribution is 5.85. The molecule has 0 heterocycles. The molecule has 0 saturated heterocycles. The van der Waals surface area contributed by atoms with Crippen molar-refractivity contribution < 1.29 is 26.4 Å². The molecule has 0 aromatic heterocycles. The van der Waals surface area contributed by atoms with E-state index in [1.54, 1.807) is 0 Å². The van der Waals surface area contributed by atoms with Crippen LogP contribution in [0.15, 0.2) is 0 Å². The van der Waals surface area contributed by atoms with Crippen molar-refractivity contribution in [3.8, 4) is 0 Å². The van der Waals surface area contributed by atoms with Crippen LogP contribution in [0.25, 0.3) is 0 Å². The highest BCUT2D eigenvalue weighted by Crippen LogP contribution is 1.93. The van der Waals surface area contributed by atoms with Crippen LogP contribution in [0, 0.1) is 0 Å². The molecule has 0 aromatic rings. The maximum Gasteiger partial charge on any atom is 0.306 e. The summed E-state index contributed by atoms with van der Waals surface area (Å²) < 4.78 is 5.82. The van der Waals surface area contributed by atoms with E-state index in [0.717, 1.165) is 11.0 Å². The molecule has 0 fully saturated rings. The zero-order valence-corrected chi connectivity index (χ0v) is 11.2. The van der Waals surface area contributed by atoms with Crippen molar-refractivity contribution in [3.63, 3.8) is 0 Å². The Morgan fingerprint density at radius 3 is 2.27 bits per heavy atom. The molecule has 15 heavy (non-hydrogen) atoms. The summed E-state index contributed by atoms with van der Waals surface area (Å²) >= 11 is 0. The molecule has 0 amide bonds. The van der Waals surface area contributed by atoms with Crippen LogP contribution in [0.2, 0.25) is 0 Å². The van der Waals surface area contributed by atoms with Gasteiger partial charge in [-0.3, -0.25) is 4.79 Å². The highest BCUT2D eigenvalue weighted by Gasteiger charge is 2.08. The predicted octanol–water partition coefficient (Wildman–Crippen LogP) is -2.60. The fraction of sp³-hybridized carbons (Fsp3) is 0.889. The molecule has 0 spiro atoms. The van der Waals surface area contributed by atoms with Crippen LogP contribution in [-0.4, -0.2) is 51.3 Å². The number of carbonyl (C=O) groups excluding carboxylic acids is 1. The largest absolute Gasteiger partial charge is 1.00 e. The normalized spacial score (nSPS) is 9.87. The third kappa shape index (κ3) is 16.6. The summed E-state index contributed by atoms with van der Waals surface area (Å²) in [6, 6.07) is 0. The van der Waals surface area contributed by atoms with Crippen molar-refractivity contribution in [2.45, 2.75) is 12.8 Å². The van der Waals surface area contributed by atoms with Crippen molar-refractivity contribution in [2.75, 3.05) is 40.8 Å². The van der Waals surface area contributed by atoms with Crippen molar-refractivity contribution in [1.82, 2.24) is 0 Å². The number of quaternary nitrogens is 1. The first-order valence-corrected chi connectivity index (χ1v) is 4.62. The van der Waals surface area contributed by atoms with E-state index < -0.39 is 0 Å². The standard InChI is InChI=1S/C9H21N2O2.2ClH/c1-11(2,3)7-8-13-9(12)5-4-6-10;;/h4-8,10H2,1-3H3;2*1H/q+1;;/p-1. The Hall–Kier alpha value is -0.0300. The van der Waals surface area contributed by atoms with E-state index in [1.807, 2.05) is 0 Å². The van der Waals surface area contributed by atoms with Gasteiger partial charge in [0.15, 0.2) is 0 Å². The van der Waals surface area contributed by atoms with E-state index in [1.165, 1.54) is 0 Å². The van der Waals surface area contributed by atoms with Crippen LogP contribution in [0.4, 0.5) is 0 Å². The lowest BCUT2D eigenvalue weighted by Crippen LogP contribution is -3.00. The molecule has 0 aliphatic carbocycles. The van der Waals surface area contributed by atoms with Gasteiger partial charge in [0.1, 0.15) is 13.2 Å². The van der Waals surface area contributed by atoms with Gasteiger partial charge >= 0.3 is 5.97 Å². The Bertz CT molecular complexity index is 161. The summed E-state index contributed by atoms with van der Waals surface area (Å²) in [5.41, 5.74) is 5.26. The topological polar surface area (TPSA) is 52.3 Å². The van der Waals surface area contributed by atoms with Gasteiger partial charge in [0.05, 0.1) is 21.1 Å². The highest BCUT2D eigenvalue weighted by atomic mass is 35.5. The maximum atomic E-state index is 11.0. The number of hydrogen-bond donors (Lipinski definition) is 1. The lowest BCUT2D eigenvalue weighted by atomic mass is 10.3. The van der Waals surface area contributed by atoms with E-state index in [-0.39, 0.29) is 30.8 Å². The number of nitrogens with two attached hydrogens (primary N) is 1. The number of nitrogens with zero attached hydrogens (tertiary/aromatic N) is 1. The number of carbonyl (C=O) groups is 1. The smallest absolute Gasteiger partial charge is 0.306 e. The SMILES string of the molecule is C[N+](C)(C)CCOC(=O)CCCN.Cl.[Cl-]. The second-order valence-electron chi connectivity index (χ2n) is 4.13. The zero-order chi connectivity index (χ0) is 10.3. The average molecular weight is 261 g/mol. The predicted molar refractivity (Wildman–Crippen MR) is 59.4 cm³/mol. The minimum absolute atomic E-state index is 0. The average Bonchev–Trinajstić information content (AvgIpc) is 1.98. The van der Waals surface area contributed by atoms with Gasteiger partial charge in [0.25, 0.3) is 0 Å². The lowest BCUT2D eigenvalue weighted by molar-refractivity contribution is -0.870. The molecule has 6 heteroatoms. The molecule has 4 nitrogen and oxygen atoms in total. The minimum atomic E-state index is -0.140. The molecule has 94 valence electrons. The molecule has 0 radical (unpaired) electrons. The molecule has 0 unspecified atom stereocenters. The molecule has 2 N–H and O–H groups in total. The zero-order valence-electron chi connectivity index (χ0n) is 9.66. The van der Waals surface area contributed by atoms with Crippen LogP contribution < -0.4 is 18.1 Å². The van der Waals surface area contributed by atoms with Crippen molar-refractivity contribution >= 4 is 18.4 Å². The monoisotopic (exact) mass is 260 g/mol. The number of rotatable bonds is 6. The van der Waals surface area contributed by atoms with Crippen LogP contribution in [0.3, 0.4) is 0 Å². The molecular formula is C9H22Cl2N2O2. The Labute approximate surface area is 105 Å². The Morgan fingerprint density at radius 1 is 1.33 bits per heavy atom. The summed E-state index contributed by atoms with van der Waals surface area (Å²) in [7, 11) is 6.19. The van der Waals surface area contributed by atoms with Gasteiger partial charge in [-0.05, 0) is 13.0 Å². The fourth-order valence-corrected chi connectivity index (χ4v) is 0.752.